The lowest BCUT2D eigenvalue weighted by Gasteiger charge is -2.22. The molecule has 0 atom stereocenters. The summed E-state index contributed by atoms with van der Waals surface area (Å²) in [5.74, 6) is 0. The molecule has 0 radical (unpaired) electrons. The molecule has 0 bridgehead atoms. The molecule has 1 aliphatic carbocycles. The summed E-state index contributed by atoms with van der Waals surface area (Å²) in [4.78, 5) is 0. The van der Waals surface area contributed by atoms with E-state index in [-0.39, 0.29) is 11.1 Å². The minimum absolute atomic E-state index is 0.192. The number of hydrogen-bond acceptors (Lipinski definition) is 0. The highest BCUT2D eigenvalue weighted by Crippen LogP contribution is 2.45. The van der Waals surface area contributed by atoms with Crippen LogP contribution in [0.25, 0.3) is 0 Å². The molecule has 66 valence electrons. The summed E-state index contributed by atoms with van der Waals surface area (Å²) in [6.07, 6.45) is 3.63. The van der Waals surface area contributed by atoms with Gasteiger partial charge in [0.2, 0.25) is 0 Å². The SMILES string of the molecule is CC(C)[Si](F)(F)C1CCCC1. The second kappa shape index (κ2) is 3.21. The summed E-state index contributed by atoms with van der Waals surface area (Å²) >= 11 is 0. The fraction of sp³-hybridized carbons (Fsp3) is 1.00. The predicted molar refractivity (Wildman–Crippen MR) is 45.3 cm³/mol. The molecule has 0 aliphatic heterocycles. The first-order chi connectivity index (χ1) is 5.05. The van der Waals surface area contributed by atoms with Gasteiger partial charge in [-0.15, -0.1) is 0 Å². The van der Waals surface area contributed by atoms with Crippen LogP contribution in [0.15, 0.2) is 0 Å². The standard InChI is InChI=1S/C8H16F2Si/c1-7(2)11(9,10)8-5-3-4-6-8/h7-8H,3-6H2,1-2H3. The topological polar surface area (TPSA) is 0 Å². The van der Waals surface area contributed by atoms with Crippen molar-refractivity contribution in [2.75, 3.05) is 0 Å². The Labute approximate surface area is 68.3 Å². The summed E-state index contributed by atoms with van der Waals surface area (Å²) in [5.41, 5.74) is -0.548. The van der Waals surface area contributed by atoms with Crippen LogP contribution in [0.3, 0.4) is 0 Å². The molecule has 0 amide bonds. The third-order valence-electron chi connectivity index (χ3n) is 2.67. The predicted octanol–water partition coefficient (Wildman–Crippen LogP) is 3.72. The van der Waals surface area contributed by atoms with Crippen molar-refractivity contribution in [2.45, 2.75) is 50.6 Å². The lowest BCUT2D eigenvalue weighted by Crippen LogP contribution is -2.31. The maximum atomic E-state index is 13.4. The highest BCUT2D eigenvalue weighted by atomic mass is 28.4. The van der Waals surface area contributed by atoms with Gasteiger partial charge in [-0.3, -0.25) is 8.22 Å². The van der Waals surface area contributed by atoms with Crippen molar-refractivity contribution in [1.82, 2.24) is 0 Å². The van der Waals surface area contributed by atoms with Crippen LogP contribution in [0.5, 0.6) is 0 Å². The van der Waals surface area contributed by atoms with E-state index < -0.39 is 8.74 Å². The first kappa shape index (κ1) is 9.17. The Morgan fingerprint density at radius 3 is 2.00 bits per heavy atom. The normalized spacial score (nSPS) is 21.5. The van der Waals surface area contributed by atoms with E-state index in [9.17, 15) is 8.22 Å². The molecule has 3 heteroatoms. The van der Waals surface area contributed by atoms with E-state index in [4.69, 9.17) is 0 Å². The number of hydrogen-bond donors (Lipinski definition) is 0. The summed E-state index contributed by atoms with van der Waals surface area (Å²) in [5, 5.41) is 0. The molecule has 0 unspecified atom stereocenters. The van der Waals surface area contributed by atoms with Crippen molar-refractivity contribution in [3.63, 3.8) is 0 Å². The lowest BCUT2D eigenvalue weighted by molar-refractivity contribution is 0.514. The molecular formula is C8H16F2Si. The third-order valence-corrected chi connectivity index (χ3v) is 5.87. The van der Waals surface area contributed by atoms with Crippen LogP contribution in [0, 0.1) is 0 Å². The monoisotopic (exact) mass is 178 g/mol. The Kier molecular flexibility index (Phi) is 2.68. The summed E-state index contributed by atoms with van der Waals surface area (Å²) in [7, 11) is -3.85. The van der Waals surface area contributed by atoms with Crippen LogP contribution in [-0.4, -0.2) is 8.74 Å². The van der Waals surface area contributed by atoms with E-state index in [1.54, 1.807) is 13.8 Å². The Bertz CT molecular complexity index is 128. The summed E-state index contributed by atoms with van der Waals surface area (Å²) in [6, 6.07) is 0. The zero-order valence-corrected chi connectivity index (χ0v) is 8.24. The molecule has 0 aromatic rings. The third kappa shape index (κ3) is 1.81. The van der Waals surface area contributed by atoms with Crippen LogP contribution < -0.4 is 0 Å². The second-order valence-corrected chi connectivity index (χ2v) is 7.13. The molecule has 1 aliphatic rings. The average molecular weight is 178 g/mol. The van der Waals surface area contributed by atoms with Crippen molar-refractivity contribution in [3.8, 4) is 0 Å². The van der Waals surface area contributed by atoms with E-state index in [0.29, 0.717) is 0 Å². The minimum Gasteiger partial charge on any atom is -0.270 e. The maximum Gasteiger partial charge on any atom is 0.430 e. The Hall–Kier alpha value is 0.0769. The maximum absolute atomic E-state index is 13.4. The molecule has 0 nitrogen and oxygen atoms in total. The van der Waals surface area contributed by atoms with Crippen molar-refractivity contribution in [1.29, 1.82) is 0 Å². The van der Waals surface area contributed by atoms with Gasteiger partial charge in [-0.2, -0.15) is 0 Å². The van der Waals surface area contributed by atoms with E-state index in [0.717, 1.165) is 25.7 Å². The second-order valence-electron chi connectivity index (χ2n) is 3.81. The molecule has 0 heterocycles. The molecule has 0 aromatic heterocycles. The van der Waals surface area contributed by atoms with Crippen LogP contribution >= 0.6 is 0 Å². The van der Waals surface area contributed by atoms with E-state index in [1.165, 1.54) is 0 Å². The molecule has 0 N–H and O–H groups in total. The van der Waals surface area contributed by atoms with Gasteiger partial charge in [-0.1, -0.05) is 26.7 Å². The number of halogens is 2. The van der Waals surface area contributed by atoms with Gasteiger partial charge in [-0.05, 0) is 12.8 Å². The minimum atomic E-state index is -3.85. The van der Waals surface area contributed by atoms with E-state index in [1.807, 2.05) is 0 Å². The largest absolute Gasteiger partial charge is 0.430 e. The quantitative estimate of drug-likeness (QED) is 0.446. The smallest absolute Gasteiger partial charge is 0.270 e. The molecule has 0 aromatic carbocycles. The fourth-order valence-electron chi connectivity index (χ4n) is 1.78. The average Bonchev–Trinajstić information content (AvgIpc) is 2.37. The highest BCUT2D eigenvalue weighted by Gasteiger charge is 2.48. The van der Waals surface area contributed by atoms with Crippen LogP contribution in [-0.2, 0) is 0 Å². The van der Waals surface area contributed by atoms with Crippen molar-refractivity contribution in [3.05, 3.63) is 0 Å². The van der Waals surface area contributed by atoms with Crippen LogP contribution in [0.1, 0.15) is 39.5 Å². The van der Waals surface area contributed by atoms with Gasteiger partial charge in [0.25, 0.3) is 0 Å². The molecule has 1 saturated carbocycles. The first-order valence-corrected chi connectivity index (χ1v) is 6.34. The van der Waals surface area contributed by atoms with Crippen LogP contribution in [0.2, 0.25) is 11.1 Å². The van der Waals surface area contributed by atoms with Crippen molar-refractivity contribution < 1.29 is 8.22 Å². The summed E-state index contributed by atoms with van der Waals surface area (Å²) < 4.78 is 26.8. The van der Waals surface area contributed by atoms with Gasteiger partial charge in [0.05, 0.1) is 0 Å². The van der Waals surface area contributed by atoms with Gasteiger partial charge >= 0.3 is 8.74 Å². The van der Waals surface area contributed by atoms with Crippen LogP contribution in [0.4, 0.5) is 8.22 Å². The Morgan fingerprint density at radius 1 is 1.18 bits per heavy atom. The molecular weight excluding hydrogens is 162 g/mol. The zero-order chi connectivity index (χ0) is 8.48. The van der Waals surface area contributed by atoms with Crippen molar-refractivity contribution in [2.24, 2.45) is 0 Å². The Morgan fingerprint density at radius 2 is 1.64 bits per heavy atom. The molecule has 0 spiro atoms. The lowest BCUT2D eigenvalue weighted by atomic mass is 10.4. The van der Waals surface area contributed by atoms with Gasteiger partial charge in [-0.25, -0.2) is 0 Å². The number of rotatable bonds is 2. The van der Waals surface area contributed by atoms with Gasteiger partial charge in [0.15, 0.2) is 0 Å². The highest BCUT2D eigenvalue weighted by molar-refractivity contribution is 6.69. The van der Waals surface area contributed by atoms with E-state index >= 15 is 0 Å². The summed E-state index contributed by atoms with van der Waals surface area (Å²) in [6.45, 7) is 3.34. The molecule has 0 saturated heterocycles. The molecule has 11 heavy (non-hydrogen) atoms. The first-order valence-electron chi connectivity index (χ1n) is 4.43. The van der Waals surface area contributed by atoms with Crippen molar-refractivity contribution >= 4 is 8.74 Å². The molecule has 1 rings (SSSR count). The Balaban J connectivity index is 2.55. The molecule has 1 fully saturated rings. The fourth-order valence-corrected chi connectivity index (χ4v) is 3.90. The zero-order valence-electron chi connectivity index (χ0n) is 7.24. The van der Waals surface area contributed by atoms with Gasteiger partial charge < -0.3 is 0 Å². The van der Waals surface area contributed by atoms with E-state index in [2.05, 4.69) is 0 Å². The van der Waals surface area contributed by atoms with Gasteiger partial charge in [0, 0.05) is 11.1 Å². The van der Waals surface area contributed by atoms with Gasteiger partial charge in [0.1, 0.15) is 0 Å².